The third kappa shape index (κ3) is 3.00. The predicted octanol–water partition coefficient (Wildman–Crippen LogP) is 2.41. The predicted molar refractivity (Wildman–Crippen MR) is 77.9 cm³/mol. The average molecular weight is 283 g/mol. The number of hydrogen-bond donors (Lipinski definition) is 1. The van der Waals surface area contributed by atoms with Crippen molar-refractivity contribution in [2.75, 3.05) is 0 Å². The maximum atomic E-state index is 4.97. The number of rotatable bonds is 5. The second-order valence-electron chi connectivity index (χ2n) is 4.84. The Labute approximate surface area is 122 Å². The first-order valence-corrected chi connectivity index (χ1v) is 6.85. The van der Waals surface area contributed by atoms with Crippen LogP contribution in [0.25, 0.3) is 5.69 Å². The second kappa shape index (κ2) is 5.88. The molecule has 3 aromatic rings. The van der Waals surface area contributed by atoms with E-state index in [1.165, 1.54) is 5.56 Å². The highest BCUT2D eigenvalue weighted by Gasteiger charge is 2.12. The van der Waals surface area contributed by atoms with Crippen molar-refractivity contribution >= 4 is 0 Å². The van der Waals surface area contributed by atoms with Gasteiger partial charge in [-0.05, 0) is 24.6 Å². The van der Waals surface area contributed by atoms with Gasteiger partial charge in [0.25, 0.3) is 0 Å². The molecular weight excluding hydrogens is 266 g/mol. The van der Waals surface area contributed by atoms with Crippen molar-refractivity contribution in [2.45, 2.75) is 26.4 Å². The molecule has 21 heavy (non-hydrogen) atoms. The van der Waals surface area contributed by atoms with Gasteiger partial charge in [-0.25, -0.2) is 4.68 Å². The van der Waals surface area contributed by atoms with E-state index in [2.05, 4.69) is 39.6 Å². The van der Waals surface area contributed by atoms with Crippen LogP contribution < -0.4 is 5.32 Å². The number of nitrogens with one attached hydrogen (secondary N) is 1. The SMILES string of the molecule is Cc1nc(CN[C@H](C)c2ccccc2-n2cccn2)no1. The lowest BCUT2D eigenvalue weighted by molar-refractivity contribution is 0.384. The van der Waals surface area contributed by atoms with Crippen molar-refractivity contribution in [1.82, 2.24) is 25.2 Å². The first-order chi connectivity index (χ1) is 10.2. The van der Waals surface area contributed by atoms with Crippen molar-refractivity contribution in [2.24, 2.45) is 0 Å². The first-order valence-electron chi connectivity index (χ1n) is 6.85. The number of aromatic nitrogens is 4. The molecule has 0 saturated carbocycles. The third-order valence-electron chi connectivity index (χ3n) is 3.29. The van der Waals surface area contributed by atoms with Crippen LogP contribution in [0.15, 0.2) is 47.2 Å². The molecule has 0 bridgehead atoms. The molecule has 0 amide bonds. The molecule has 0 unspecified atom stereocenters. The molecule has 0 saturated heterocycles. The summed E-state index contributed by atoms with van der Waals surface area (Å²) in [5.41, 5.74) is 2.23. The summed E-state index contributed by atoms with van der Waals surface area (Å²) in [6.07, 6.45) is 3.71. The molecule has 0 fully saturated rings. The number of para-hydroxylation sites is 1. The second-order valence-corrected chi connectivity index (χ2v) is 4.84. The molecule has 108 valence electrons. The maximum absolute atomic E-state index is 4.97. The summed E-state index contributed by atoms with van der Waals surface area (Å²) in [7, 11) is 0. The van der Waals surface area contributed by atoms with Crippen LogP contribution in [-0.2, 0) is 6.54 Å². The van der Waals surface area contributed by atoms with Crippen LogP contribution in [0.3, 0.4) is 0 Å². The molecule has 2 aromatic heterocycles. The van der Waals surface area contributed by atoms with Crippen LogP contribution in [0.4, 0.5) is 0 Å². The van der Waals surface area contributed by atoms with Gasteiger partial charge >= 0.3 is 0 Å². The van der Waals surface area contributed by atoms with E-state index in [-0.39, 0.29) is 6.04 Å². The minimum absolute atomic E-state index is 0.143. The highest BCUT2D eigenvalue weighted by Crippen LogP contribution is 2.21. The van der Waals surface area contributed by atoms with Gasteiger partial charge in [-0.2, -0.15) is 10.1 Å². The van der Waals surface area contributed by atoms with Gasteiger partial charge < -0.3 is 9.84 Å². The largest absolute Gasteiger partial charge is 0.340 e. The topological polar surface area (TPSA) is 68.8 Å². The summed E-state index contributed by atoms with van der Waals surface area (Å²) < 4.78 is 6.84. The van der Waals surface area contributed by atoms with E-state index in [9.17, 15) is 0 Å². The monoisotopic (exact) mass is 283 g/mol. The standard InChI is InChI=1S/C15H17N5O/c1-11(16-10-15-18-12(2)21-19-15)13-6-3-4-7-14(13)20-9-5-8-17-20/h3-9,11,16H,10H2,1-2H3/t11-/m1/s1. The van der Waals surface area contributed by atoms with Gasteiger partial charge in [0, 0.05) is 25.4 Å². The smallest absolute Gasteiger partial charge is 0.223 e. The Morgan fingerprint density at radius 2 is 2.14 bits per heavy atom. The summed E-state index contributed by atoms with van der Waals surface area (Å²) >= 11 is 0. The summed E-state index contributed by atoms with van der Waals surface area (Å²) in [6.45, 7) is 4.45. The van der Waals surface area contributed by atoms with Gasteiger partial charge in [0.2, 0.25) is 5.89 Å². The highest BCUT2D eigenvalue weighted by atomic mass is 16.5. The molecule has 0 spiro atoms. The van der Waals surface area contributed by atoms with E-state index in [4.69, 9.17) is 4.52 Å². The molecule has 1 atom stereocenters. The Balaban J connectivity index is 1.77. The van der Waals surface area contributed by atoms with Crippen LogP contribution in [0.5, 0.6) is 0 Å². The van der Waals surface area contributed by atoms with Crippen LogP contribution in [-0.4, -0.2) is 19.9 Å². The summed E-state index contributed by atoms with van der Waals surface area (Å²) in [5, 5.41) is 11.6. The zero-order valence-electron chi connectivity index (χ0n) is 12.0. The number of aryl methyl sites for hydroxylation is 1. The molecule has 1 N–H and O–H groups in total. The van der Waals surface area contributed by atoms with Gasteiger partial charge in [0.05, 0.1) is 12.2 Å². The lowest BCUT2D eigenvalue weighted by Gasteiger charge is -2.17. The van der Waals surface area contributed by atoms with Gasteiger partial charge in [-0.15, -0.1) is 0 Å². The first kappa shape index (κ1) is 13.5. The summed E-state index contributed by atoms with van der Waals surface area (Å²) in [5.74, 6) is 1.24. The number of nitrogens with zero attached hydrogens (tertiary/aromatic N) is 4. The zero-order valence-corrected chi connectivity index (χ0v) is 12.0. The van der Waals surface area contributed by atoms with E-state index in [1.807, 2.05) is 29.1 Å². The van der Waals surface area contributed by atoms with E-state index in [0.29, 0.717) is 18.3 Å². The molecule has 0 aliphatic heterocycles. The molecule has 0 radical (unpaired) electrons. The van der Waals surface area contributed by atoms with Crippen molar-refractivity contribution in [1.29, 1.82) is 0 Å². The van der Waals surface area contributed by atoms with Gasteiger partial charge in [-0.3, -0.25) is 0 Å². The Morgan fingerprint density at radius 3 is 2.86 bits per heavy atom. The van der Waals surface area contributed by atoms with E-state index < -0.39 is 0 Å². The Morgan fingerprint density at radius 1 is 1.29 bits per heavy atom. The molecule has 1 aromatic carbocycles. The fourth-order valence-electron chi connectivity index (χ4n) is 2.24. The van der Waals surface area contributed by atoms with Gasteiger partial charge in [-0.1, -0.05) is 23.4 Å². The van der Waals surface area contributed by atoms with Gasteiger partial charge in [0.1, 0.15) is 0 Å². The molecule has 0 aliphatic carbocycles. The Kier molecular flexibility index (Phi) is 3.79. The Hall–Kier alpha value is -2.47. The van der Waals surface area contributed by atoms with Crippen molar-refractivity contribution in [3.63, 3.8) is 0 Å². The lowest BCUT2D eigenvalue weighted by Crippen LogP contribution is -2.20. The number of hydrogen-bond acceptors (Lipinski definition) is 5. The van der Waals surface area contributed by atoms with Crippen LogP contribution in [0.1, 0.15) is 30.2 Å². The van der Waals surface area contributed by atoms with Crippen molar-refractivity contribution < 1.29 is 4.52 Å². The summed E-state index contributed by atoms with van der Waals surface area (Å²) in [4.78, 5) is 4.19. The van der Waals surface area contributed by atoms with E-state index in [0.717, 1.165) is 5.69 Å². The summed E-state index contributed by atoms with van der Waals surface area (Å²) in [6, 6.07) is 10.2. The van der Waals surface area contributed by atoms with Crippen molar-refractivity contribution in [3.8, 4) is 5.69 Å². The third-order valence-corrected chi connectivity index (χ3v) is 3.29. The van der Waals surface area contributed by atoms with Crippen molar-refractivity contribution in [3.05, 3.63) is 60.0 Å². The molecule has 2 heterocycles. The average Bonchev–Trinajstić information content (AvgIpc) is 3.16. The normalized spacial score (nSPS) is 12.5. The van der Waals surface area contributed by atoms with E-state index >= 15 is 0 Å². The fourth-order valence-corrected chi connectivity index (χ4v) is 2.24. The van der Waals surface area contributed by atoms with E-state index in [1.54, 1.807) is 13.1 Å². The fraction of sp³-hybridized carbons (Fsp3) is 0.267. The molecule has 3 rings (SSSR count). The molecular formula is C15H17N5O. The minimum Gasteiger partial charge on any atom is -0.340 e. The van der Waals surface area contributed by atoms with Crippen LogP contribution >= 0.6 is 0 Å². The minimum atomic E-state index is 0.143. The van der Waals surface area contributed by atoms with Gasteiger partial charge in [0.15, 0.2) is 5.82 Å². The zero-order chi connectivity index (χ0) is 14.7. The van der Waals surface area contributed by atoms with Crippen LogP contribution in [0.2, 0.25) is 0 Å². The Bertz CT molecular complexity index is 704. The molecule has 6 heteroatoms. The quantitative estimate of drug-likeness (QED) is 0.778. The molecule has 6 nitrogen and oxygen atoms in total. The number of benzene rings is 1. The maximum Gasteiger partial charge on any atom is 0.223 e. The molecule has 0 aliphatic rings. The lowest BCUT2D eigenvalue weighted by atomic mass is 10.1. The highest BCUT2D eigenvalue weighted by molar-refractivity contribution is 5.42. The van der Waals surface area contributed by atoms with Crippen LogP contribution in [0, 0.1) is 6.92 Å².